The second-order valence-corrected chi connectivity index (χ2v) is 9.27. The van der Waals surface area contributed by atoms with Crippen LogP contribution >= 0.6 is 15.2 Å². The van der Waals surface area contributed by atoms with Crippen molar-refractivity contribution in [3.63, 3.8) is 0 Å². The van der Waals surface area contributed by atoms with Crippen LogP contribution in [-0.2, 0) is 27.2 Å². The maximum Gasteiger partial charge on any atom is 0.366 e. The van der Waals surface area contributed by atoms with Crippen LogP contribution in [0.3, 0.4) is 0 Å². The molecule has 2 saturated heterocycles. The highest BCUT2D eigenvalue weighted by molar-refractivity contribution is 7.55. The Morgan fingerprint density at radius 2 is 1.50 bits per heavy atom. The molecule has 2 rings (SSSR count). The van der Waals surface area contributed by atoms with Crippen molar-refractivity contribution >= 4 is 15.2 Å². The van der Waals surface area contributed by atoms with Gasteiger partial charge in [-0.1, -0.05) is 0 Å². The van der Waals surface area contributed by atoms with Crippen molar-refractivity contribution < 1.29 is 27.2 Å². The van der Waals surface area contributed by atoms with Gasteiger partial charge >= 0.3 is 15.2 Å². The van der Waals surface area contributed by atoms with Crippen molar-refractivity contribution in [3.8, 4) is 0 Å². The van der Waals surface area contributed by atoms with E-state index in [1.54, 1.807) is 0 Å². The minimum atomic E-state index is -3.61. The Kier molecular flexibility index (Phi) is 5.07. The monoisotopic (exact) mass is 329 g/mol. The Hall–Kier alpha value is 0.180. The van der Waals surface area contributed by atoms with E-state index in [-0.39, 0.29) is 19.4 Å². The Balaban J connectivity index is 1.86. The maximum atomic E-state index is 12.3. The van der Waals surface area contributed by atoms with Crippen LogP contribution in [0.15, 0.2) is 0 Å². The fourth-order valence-electron chi connectivity index (χ4n) is 2.03. The van der Waals surface area contributed by atoms with Gasteiger partial charge in [0.25, 0.3) is 0 Å². The molecule has 0 saturated carbocycles. The lowest BCUT2D eigenvalue weighted by Gasteiger charge is -2.33. The molecule has 1 unspecified atom stereocenters. The van der Waals surface area contributed by atoms with Crippen LogP contribution in [-0.4, -0.2) is 44.0 Å². The molecule has 2 aliphatic rings. The van der Waals surface area contributed by atoms with Gasteiger partial charge in [-0.25, -0.2) is 0 Å². The van der Waals surface area contributed by atoms with Gasteiger partial charge in [0.15, 0.2) is 5.40 Å². The van der Waals surface area contributed by atoms with Gasteiger partial charge < -0.3 is 35.3 Å². The second kappa shape index (κ2) is 6.12. The van der Waals surface area contributed by atoms with Crippen molar-refractivity contribution in [2.45, 2.75) is 24.3 Å². The molecule has 20 heavy (non-hydrogen) atoms. The zero-order chi connectivity index (χ0) is 14.9. The molecular formula is C9H21N3O6P2. The van der Waals surface area contributed by atoms with Gasteiger partial charge in [0, 0.05) is 6.04 Å². The summed E-state index contributed by atoms with van der Waals surface area (Å²) in [6.07, 6.45) is 0.956. The van der Waals surface area contributed by atoms with Gasteiger partial charge in [0.1, 0.15) is 0 Å². The molecule has 0 bridgehead atoms. The largest absolute Gasteiger partial charge is 0.366 e. The molecule has 1 atom stereocenters. The van der Waals surface area contributed by atoms with Gasteiger partial charge in [0.05, 0.1) is 32.6 Å². The predicted molar refractivity (Wildman–Crippen MR) is 72.2 cm³/mol. The zero-order valence-corrected chi connectivity index (χ0v) is 12.9. The second-order valence-electron chi connectivity index (χ2n) is 4.80. The third-order valence-corrected chi connectivity index (χ3v) is 7.62. The molecule has 9 nitrogen and oxygen atoms in total. The minimum absolute atomic E-state index is 0.178. The Labute approximate surface area is 117 Å². The van der Waals surface area contributed by atoms with E-state index in [4.69, 9.17) is 35.3 Å². The summed E-state index contributed by atoms with van der Waals surface area (Å²) in [6, 6.07) is -0.819. The molecule has 2 fully saturated rings. The molecule has 2 heterocycles. The normalized spacial score (nSPS) is 26.8. The topological polar surface area (TPSA) is 149 Å². The van der Waals surface area contributed by atoms with Crippen LogP contribution in [0.2, 0.25) is 0 Å². The predicted octanol–water partition coefficient (Wildman–Crippen LogP) is 0.145. The van der Waals surface area contributed by atoms with E-state index in [1.165, 1.54) is 0 Å². The van der Waals surface area contributed by atoms with E-state index in [2.05, 4.69) is 0 Å². The standard InChI is InChI=1S/C9H21N3O6P2/c10-8(2-1-7-19(13)15-3-4-16-19)9(11,12)20(14)17-5-6-18-20/h8H,1-7,10-12H2. The average Bonchev–Trinajstić information content (AvgIpc) is 2.99. The van der Waals surface area contributed by atoms with E-state index in [9.17, 15) is 9.13 Å². The molecule has 0 aromatic carbocycles. The number of hydrogen-bond acceptors (Lipinski definition) is 9. The lowest BCUT2D eigenvalue weighted by Crippen LogP contribution is -2.61. The van der Waals surface area contributed by atoms with Crippen molar-refractivity contribution in [1.82, 2.24) is 0 Å². The SMILES string of the molecule is NC(CCCP1(=O)OCCO1)C(N)(N)P1(=O)OCCO1. The van der Waals surface area contributed by atoms with Gasteiger partial charge in [0.2, 0.25) is 0 Å². The van der Waals surface area contributed by atoms with E-state index < -0.39 is 26.6 Å². The van der Waals surface area contributed by atoms with Crippen LogP contribution in [0, 0.1) is 0 Å². The van der Waals surface area contributed by atoms with Gasteiger partial charge in [-0.3, -0.25) is 9.13 Å². The summed E-state index contributed by atoms with van der Waals surface area (Å²) in [5.74, 6) is 0. The van der Waals surface area contributed by atoms with Crippen LogP contribution in [0.1, 0.15) is 12.8 Å². The first-order valence-electron chi connectivity index (χ1n) is 6.40. The highest BCUT2D eigenvalue weighted by Crippen LogP contribution is 2.59. The zero-order valence-electron chi connectivity index (χ0n) is 11.1. The van der Waals surface area contributed by atoms with Crippen molar-refractivity contribution in [2.24, 2.45) is 17.2 Å². The summed E-state index contributed by atoms with van der Waals surface area (Å²) >= 11 is 0. The molecule has 6 N–H and O–H groups in total. The fraction of sp³-hybridized carbons (Fsp3) is 1.00. The van der Waals surface area contributed by atoms with Crippen LogP contribution in [0.25, 0.3) is 0 Å². The first kappa shape index (κ1) is 16.5. The summed E-state index contributed by atoms with van der Waals surface area (Å²) < 4.78 is 44.3. The molecule has 118 valence electrons. The third kappa shape index (κ3) is 3.32. The molecule has 0 radical (unpaired) electrons. The smallest absolute Gasteiger partial charge is 0.324 e. The molecule has 0 aromatic rings. The van der Waals surface area contributed by atoms with Gasteiger partial charge in [-0.2, -0.15) is 0 Å². The minimum Gasteiger partial charge on any atom is -0.324 e. The summed E-state index contributed by atoms with van der Waals surface area (Å²) in [6.45, 7) is 1.02. The number of rotatable bonds is 6. The summed E-state index contributed by atoms with van der Waals surface area (Å²) in [5.41, 5.74) is 17.6. The Bertz CT molecular complexity index is 425. The Morgan fingerprint density at radius 3 is 2.05 bits per heavy atom. The third-order valence-electron chi connectivity index (χ3n) is 3.28. The molecule has 0 spiro atoms. The van der Waals surface area contributed by atoms with E-state index in [1.807, 2.05) is 0 Å². The average molecular weight is 329 g/mol. The van der Waals surface area contributed by atoms with Crippen molar-refractivity contribution in [1.29, 1.82) is 0 Å². The molecule has 0 amide bonds. The van der Waals surface area contributed by atoms with Crippen molar-refractivity contribution in [2.75, 3.05) is 32.6 Å². The van der Waals surface area contributed by atoms with Crippen molar-refractivity contribution in [3.05, 3.63) is 0 Å². The molecule has 0 aromatic heterocycles. The van der Waals surface area contributed by atoms with Crippen LogP contribution in [0.4, 0.5) is 0 Å². The molecule has 11 heteroatoms. The summed E-state index contributed by atoms with van der Waals surface area (Å²) in [7, 11) is -6.60. The fourth-order valence-corrected chi connectivity index (χ4v) is 5.33. The first-order chi connectivity index (χ1) is 9.29. The number of nitrogens with two attached hydrogens (primary N) is 3. The van der Waals surface area contributed by atoms with E-state index in [0.717, 1.165) is 0 Å². The summed E-state index contributed by atoms with van der Waals surface area (Å²) in [5, 5.41) is -1.77. The highest BCUT2D eigenvalue weighted by atomic mass is 31.2. The quantitative estimate of drug-likeness (QED) is 0.457. The Morgan fingerprint density at radius 1 is 1.00 bits per heavy atom. The first-order valence-corrected chi connectivity index (χ1v) is 9.67. The lowest BCUT2D eigenvalue weighted by molar-refractivity contribution is 0.287. The molecular weight excluding hydrogens is 308 g/mol. The highest BCUT2D eigenvalue weighted by Gasteiger charge is 2.51. The van der Waals surface area contributed by atoms with Gasteiger partial charge in [-0.05, 0) is 12.8 Å². The number of hydrogen-bond donors (Lipinski definition) is 3. The summed E-state index contributed by atoms with van der Waals surface area (Å²) in [4.78, 5) is 0. The molecule has 0 aliphatic carbocycles. The van der Waals surface area contributed by atoms with Crippen LogP contribution < -0.4 is 17.2 Å². The van der Waals surface area contributed by atoms with E-state index >= 15 is 0 Å². The molecule has 2 aliphatic heterocycles. The van der Waals surface area contributed by atoms with Gasteiger partial charge in [-0.15, -0.1) is 0 Å². The lowest BCUT2D eigenvalue weighted by atomic mass is 10.1. The van der Waals surface area contributed by atoms with E-state index in [0.29, 0.717) is 26.1 Å². The van der Waals surface area contributed by atoms with Crippen LogP contribution in [0.5, 0.6) is 0 Å². The maximum absolute atomic E-state index is 12.3.